The molecule has 0 saturated carbocycles. The van der Waals surface area contributed by atoms with E-state index in [1.54, 1.807) is 0 Å². The topological polar surface area (TPSA) is 17.8 Å². The number of benzene rings is 9. The van der Waals surface area contributed by atoms with E-state index >= 15 is 0 Å². The minimum absolute atomic E-state index is 0.936. The Morgan fingerprint density at radius 3 is 1.87 bits per heavy atom. The lowest BCUT2D eigenvalue weighted by molar-refractivity contribution is 1.10. The van der Waals surface area contributed by atoms with E-state index in [9.17, 15) is 0 Å². The lowest BCUT2D eigenvalue weighted by Crippen LogP contribution is -1.97. The van der Waals surface area contributed by atoms with Crippen LogP contribution in [0.15, 0.2) is 170 Å². The quantitative estimate of drug-likeness (QED) is 0.185. The monoisotopic (exact) mass is 596 g/mol. The summed E-state index contributed by atoms with van der Waals surface area (Å²) in [6, 6.07) is 61.4. The molecule has 0 radical (unpaired) electrons. The third kappa shape index (κ3) is 4.02. The minimum Gasteiger partial charge on any atom is -0.292 e. The summed E-state index contributed by atoms with van der Waals surface area (Å²) >= 11 is 0. The van der Waals surface area contributed by atoms with Gasteiger partial charge in [-0.05, 0) is 89.6 Å². The average Bonchev–Trinajstić information content (AvgIpc) is 3.53. The Bertz CT molecular complexity index is 2750. The molecule has 1 heterocycles. The van der Waals surface area contributed by atoms with Gasteiger partial charge in [-0.15, -0.1) is 0 Å². The maximum atomic E-state index is 5.29. The fraction of sp³-hybridized carbons (Fsp3) is 0. The van der Waals surface area contributed by atoms with Gasteiger partial charge in [0.2, 0.25) is 0 Å². The van der Waals surface area contributed by atoms with Gasteiger partial charge in [0.25, 0.3) is 0 Å². The van der Waals surface area contributed by atoms with Crippen LogP contribution in [0, 0.1) is 0 Å². The summed E-state index contributed by atoms with van der Waals surface area (Å²) in [6.07, 6.45) is 0. The largest absolute Gasteiger partial charge is 0.292 e. The molecule has 2 heteroatoms. The number of aromatic nitrogens is 2. The second-order valence-corrected chi connectivity index (χ2v) is 12.4. The summed E-state index contributed by atoms with van der Waals surface area (Å²) in [5.41, 5.74) is 9.09. The van der Waals surface area contributed by atoms with Gasteiger partial charge in [-0.3, -0.25) is 4.57 Å². The number of nitrogens with zero attached hydrogens (tertiary/aromatic N) is 2. The van der Waals surface area contributed by atoms with Gasteiger partial charge in [0.1, 0.15) is 5.82 Å². The van der Waals surface area contributed by atoms with E-state index in [1.165, 1.54) is 65.3 Å². The summed E-state index contributed by atoms with van der Waals surface area (Å²) in [4.78, 5) is 5.29. The SMILES string of the molecule is c1ccc(-c2nc3cc(-c4ccc5ccc6cccc7ccc4c5c67)ccc3n2-c2ccc(-c3cccc4ccccc34)cc2)cc1. The maximum absolute atomic E-state index is 5.29. The minimum atomic E-state index is 0.936. The number of fused-ring (bicyclic) bond motifs is 2. The Morgan fingerprint density at radius 2 is 1.02 bits per heavy atom. The molecule has 0 amide bonds. The molecule has 0 N–H and O–H groups in total. The van der Waals surface area contributed by atoms with Gasteiger partial charge in [0, 0.05) is 11.3 Å². The van der Waals surface area contributed by atoms with Crippen molar-refractivity contribution in [3.05, 3.63) is 170 Å². The molecule has 0 aliphatic carbocycles. The lowest BCUT2D eigenvalue weighted by Gasteiger charge is -2.14. The van der Waals surface area contributed by atoms with Crippen molar-refractivity contribution < 1.29 is 0 Å². The zero-order chi connectivity index (χ0) is 30.9. The van der Waals surface area contributed by atoms with Crippen molar-refractivity contribution >= 4 is 54.1 Å². The summed E-state index contributed by atoms with van der Waals surface area (Å²) in [7, 11) is 0. The van der Waals surface area contributed by atoms with Gasteiger partial charge in [-0.25, -0.2) is 4.98 Å². The van der Waals surface area contributed by atoms with Crippen LogP contribution in [0.2, 0.25) is 0 Å². The fourth-order valence-electron chi connectivity index (χ4n) is 7.54. The highest BCUT2D eigenvalue weighted by atomic mass is 15.1. The van der Waals surface area contributed by atoms with Crippen molar-refractivity contribution in [3.63, 3.8) is 0 Å². The summed E-state index contributed by atoms with van der Waals surface area (Å²) in [6.45, 7) is 0. The number of imidazole rings is 1. The molecule has 0 fully saturated rings. The third-order valence-corrected chi connectivity index (χ3v) is 9.75. The van der Waals surface area contributed by atoms with Crippen molar-refractivity contribution in [2.75, 3.05) is 0 Å². The second-order valence-electron chi connectivity index (χ2n) is 12.4. The molecular weight excluding hydrogens is 569 g/mol. The molecular formula is C45H28N2. The number of hydrogen-bond donors (Lipinski definition) is 0. The zero-order valence-corrected chi connectivity index (χ0v) is 25.6. The van der Waals surface area contributed by atoms with E-state index in [0.717, 1.165) is 28.1 Å². The van der Waals surface area contributed by atoms with Crippen molar-refractivity contribution in [1.29, 1.82) is 0 Å². The van der Waals surface area contributed by atoms with Gasteiger partial charge < -0.3 is 0 Å². The van der Waals surface area contributed by atoms with Gasteiger partial charge in [0.05, 0.1) is 11.0 Å². The standard InChI is InChI=1S/C45H28N2/c1-2-9-34(10-3-1)45-46-41-28-35(39-25-20-33-17-16-31-12-6-13-32-21-26-40(39)44(33)43(31)32)22-27-42(41)47(45)36-23-18-30(19-24-36)38-15-7-11-29-8-4-5-14-37(29)38/h1-28H. The first kappa shape index (κ1) is 26.0. The van der Waals surface area contributed by atoms with E-state index in [1.807, 2.05) is 0 Å². The van der Waals surface area contributed by atoms with E-state index in [-0.39, 0.29) is 0 Å². The predicted molar refractivity (Wildman–Crippen MR) is 199 cm³/mol. The van der Waals surface area contributed by atoms with Crippen molar-refractivity contribution in [1.82, 2.24) is 9.55 Å². The van der Waals surface area contributed by atoms with Gasteiger partial charge in [0.15, 0.2) is 0 Å². The smallest absolute Gasteiger partial charge is 0.145 e. The van der Waals surface area contributed by atoms with Crippen LogP contribution in [0.3, 0.4) is 0 Å². The van der Waals surface area contributed by atoms with Crippen LogP contribution >= 0.6 is 0 Å². The van der Waals surface area contributed by atoms with Crippen LogP contribution in [0.25, 0.3) is 93.5 Å². The van der Waals surface area contributed by atoms with Crippen LogP contribution < -0.4 is 0 Å². The molecule has 10 aromatic rings. The average molecular weight is 597 g/mol. The normalized spacial score (nSPS) is 11.8. The predicted octanol–water partition coefficient (Wildman–Crippen LogP) is 12.1. The first-order valence-corrected chi connectivity index (χ1v) is 16.1. The highest BCUT2D eigenvalue weighted by Gasteiger charge is 2.17. The van der Waals surface area contributed by atoms with Crippen molar-refractivity contribution in [2.24, 2.45) is 0 Å². The highest BCUT2D eigenvalue weighted by Crippen LogP contribution is 2.40. The van der Waals surface area contributed by atoms with Crippen LogP contribution in [-0.2, 0) is 0 Å². The van der Waals surface area contributed by atoms with Crippen molar-refractivity contribution in [2.45, 2.75) is 0 Å². The molecule has 0 spiro atoms. The van der Waals surface area contributed by atoms with Gasteiger partial charge in [-0.2, -0.15) is 0 Å². The van der Waals surface area contributed by atoms with Crippen LogP contribution in [-0.4, -0.2) is 9.55 Å². The molecule has 0 unspecified atom stereocenters. The Morgan fingerprint density at radius 1 is 0.383 bits per heavy atom. The summed E-state index contributed by atoms with van der Waals surface area (Å²) in [5.74, 6) is 0.936. The zero-order valence-electron chi connectivity index (χ0n) is 25.6. The first-order valence-electron chi connectivity index (χ1n) is 16.1. The van der Waals surface area contributed by atoms with E-state index in [2.05, 4.69) is 174 Å². The fourth-order valence-corrected chi connectivity index (χ4v) is 7.54. The molecule has 218 valence electrons. The Balaban J connectivity index is 1.15. The first-order chi connectivity index (χ1) is 23.3. The summed E-state index contributed by atoms with van der Waals surface area (Å²) < 4.78 is 2.30. The molecule has 47 heavy (non-hydrogen) atoms. The Labute approximate surface area is 272 Å². The lowest BCUT2D eigenvalue weighted by atomic mass is 9.90. The van der Waals surface area contributed by atoms with Gasteiger partial charge >= 0.3 is 0 Å². The molecule has 0 atom stereocenters. The number of rotatable bonds is 4. The second kappa shape index (κ2) is 10.1. The molecule has 2 nitrogen and oxygen atoms in total. The number of hydrogen-bond acceptors (Lipinski definition) is 1. The van der Waals surface area contributed by atoms with Crippen LogP contribution in [0.1, 0.15) is 0 Å². The van der Waals surface area contributed by atoms with E-state index in [4.69, 9.17) is 4.98 Å². The highest BCUT2D eigenvalue weighted by molar-refractivity contribution is 6.25. The molecule has 1 aromatic heterocycles. The third-order valence-electron chi connectivity index (χ3n) is 9.75. The molecule has 0 aliphatic rings. The van der Waals surface area contributed by atoms with E-state index in [0.29, 0.717) is 0 Å². The van der Waals surface area contributed by atoms with Crippen molar-refractivity contribution in [3.8, 4) is 39.3 Å². The van der Waals surface area contributed by atoms with Crippen LogP contribution in [0.4, 0.5) is 0 Å². The Kier molecular flexibility index (Phi) is 5.61. The summed E-state index contributed by atoms with van der Waals surface area (Å²) in [5, 5.41) is 10.3. The molecule has 0 aliphatic heterocycles. The van der Waals surface area contributed by atoms with Crippen LogP contribution in [0.5, 0.6) is 0 Å². The van der Waals surface area contributed by atoms with Gasteiger partial charge in [-0.1, -0.05) is 146 Å². The van der Waals surface area contributed by atoms with E-state index < -0.39 is 0 Å². The molecule has 0 bridgehead atoms. The molecule has 0 saturated heterocycles. The molecule has 10 rings (SSSR count). The maximum Gasteiger partial charge on any atom is 0.145 e. The Hall–Kier alpha value is -6.25. The molecule has 9 aromatic carbocycles.